The average Bonchev–Trinajstić information content (AvgIpc) is 2.87. The zero-order valence-corrected chi connectivity index (χ0v) is 12.6. The maximum atomic E-state index is 10.3. The summed E-state index contributed by atoms with van der Waals surface area (Å²) < 4.78 is 0. The van der Waals surface area contributed by atoms with Gasteiger partial charge in [-0.25, -0.2) is 0 Å². The first kappa shape index (κ1) is 15.0. The number of hydrogen-bond acceptors (Lipinski definition) is 3. The third-order valence-electron chi connectivity index (χ3n) is 4.35. The lowest BCUT2D eigenvalue weighted by molar-refractivity contribution is 0.119. The molecule has 2 rings (SSSR count). The van der Waals surface area contributed by atoms with E-state index in [1.54, 1.807) is 12.1 Å². The van der Waals surface area contributed by atoms with E-state index >= 15 is 0 Å². The molecule has 2 unspecified atom stereocenters. The molecule has 0 bridgehead atoms. The predicted octanol–water partition coefficient (Wildman–Crippen LogP) is 2.96. The molecule has 0 saturated carbocycles. The van der Waals surface area contributed by atoms with Crippen molar-refractivity contribution in [2.45, 2.75) is 33.3 Å². The number of nitrogens with zero attached hydrogens (tertiary/aromatic N) is 2. The molecule has 20 heavy (non-hydrogen) atoms. The predicted molar refractivity (Wildman–Crippen MR) is 80.1 cm³/mol. The Bertz CT molecular complexity index is 481. The molecule has 0 radical (unpaired) electrons. The third-order valence-corrected chi connectivity index (χ3v) is 4.35. The molecule has 2 atom stereocenters. The van der Waals surface area contributed by atoms with E-state index in [-0.39, 0.29) is 0 Å². The summed E-state index contributed by atoms with van der Waals surface area (Å²) in [4.78, 5) is 2.35. The lowest BCUT2D eigenvalue weighted by Gasteiger charge is -2.27. The molecule has 1 heterocycles. The lowest BCUT2D eigenvalue weighted by atomic mass is 9.80. The van der Waals surface area contributed by atoms with Crippen LogP contribution in [0.25, 0.3) is 0 Å². The Labute approximate surface area is 121 Å². The minimum Gasteiger partial charge on any atom is -0.387 e. The fraction of sp³-hybridized carbons (Fsp3) is 0.588. The number of hydrogen-bond donors (Lipinski definition) is 1. The standard InChI is InChI=1S/C17H24N2O/c1-17(2,3)15-8-9-19(11-15)12-16(20)14-6-4-13(10-18)5-7-14/h4-7,15-16,20H,8-9,11-12H2,1-3H3. The van der Waals surface area contributed by atoms with Crippen molar-refractivity contribution in [3.05, 3.63) is 35.4 Å². The Morgan fingerprint density at radius 1 is 1.35 bits per heavy atom. The van der Waals surface area contributed by atoms with Gasteiger partial charge in [0.2, 0.25) is 0 Å². The van der Waals surface area contributed by atoms with Gasteiger partial charge in [0.15, 0.2) is 0 Å². The number of β-amino-alcohol motifs (C(OH)–C–C–N with tert-alkyl or cyclic N) is 1. The highest BCUT2D eigenvalue weighted by Gasteiger charge is 2.32. The van der Waals surface area contributed by atoms with Gasteiger partial charge in [0, 0.05) is 13.1 Å². The Hall–Kier alpha value is -1.37. The molecule has 108 valence electrons. The highest BCUT2D eigenvalue weighted by molar-refractivity contribution is 5.32. The summed E-state index contributed by atoms with van der Waals surface area (Å²) >= 11 is 0. The van der Waals surface area contributed by atoms with Crippen LogP contribution >= 0.6 is 0 Å². The van der Waals surface area contributed by atoms with Crippen LogP contribution in [-0.2, 0) is 0 Å². The second-order valence-corrected chi connectivity index (χ2v) is 6.86. The van der Waals surface area contributed by atoms with Crippen molar-refractivity contribution in [3.63, 3.8) is 0 Å². The largest absolute Gasteiger partial charge is 0.387 e. The quantitative estimate of drug-likeness (QED) is 0.920. The van der Waals surface area contributed by atoms with Crippen molar-refractivity contribution in [2.75, 3.05) is 19.6 Å². The number of likely N-dealkylation sites (tertiary alicyclic amines) is 1. The van der Waals surface area contributed by atoms with Gasteiger partial charge in [0.25, 0.3) is 0 Å². The summed E-state index contributed by atoms with van der Waals surface area (Å²) in [6.45, 7) is 9.68. The number of aliphatic hydroxyl groups is 1. The van der Waals surface area contributed by atoms with Crippen LogP contribution in [-0.4, -0.2) is 29.6 Å². The van der Waals surface area contributed by atoms with Crippen LogP contribution in [0.4, 0.5) is 0 Å². The Morgan fingerprint density at radius 3 is 2.50 bits per heavy atom. The van der Waals surface area contributed by atoms with Crippen molar-refractivity contribution in [1.29, 1.82) is 5.26 Å². The third kappa shape index (κ3) is 3.59. The van der Waals surface area contributed by atoms with Gasteiger partial charge in [-0.3, -0.25) is 0 Å². The number of aliphatic hydroxyl groups excluding tert-OH is 1. The van der Waals surface area contributed by atoms with Gasteiger partial charge in [0.1, 0.15) is 0 Å². The minimum absolute atomic E-state index is 0.341. The molecule has 1 aromatic carbocycles. The van der Waals surface area contributed by atoms with E-state index in [1.165, 1.54) is 6.42 Å². The second-order valence-electron chi connectivity index (χ2n) is 6.86. The van der Waals surface area contributed by atoms with Gasteiger partial charge >= 0.3 is 0 Å². The van der Waals surface area contributed by atoms with Gasteiger partial charge in [-0.2, -0.15) is 5.26 Å². The number of benzene rings is 1. The van der Waals surface area contributed by atoms with Crippen LogP contribution in [0.5, 0.6) is 0 Å². The maximum absolute atomic E-state index is 10.3. The lowest BCUT2D eigenvalue weighted by Crippen LogP contribution is -2.29. The summed E-state index contributed by atoms with van der Waals surface area (Å²) in [5, 5.41) is 19.1. The fourth-order valence-electron chi connectivity index (χ4n) is 2.84. The zero-order chi connectivity index (χ0) is 14.8. The molecule has 3 heteroatoms. The molecule has 1 aromatic rings. The molecule has 1 N–H and O–H groups in total. The zero-order valence-electron chi connectivity index (χ0n) is 12.6. The molecule has 0 spiro atoms. The molecule has 1 saturated heterocycles. The van der Waals surface area contributed by atoms with Crippen LogP contribution in [0.3, 0.4) is 0 Å². The van der Waals surface area contributed by atoms with E-state index in [0.29, 0.717) is 23.4 Å². The van der Waals surface area contributed by atoms with Crippen LogP contribution in [0.2, 0.25) is 0 Å². The van der Waals surface area contributed by atoms with Gasteiger partial charge in [-0.15, -0.1) is 0 Å². The van der Waals surface area contributed by atoms with Crippen LogP contribution < -0.4 is 0 Å². The first-order valence-electron chi connectivity index (χ1n) is 7.30. The normalized spacial score (nSPS) is 21.6. The summed E-state index contributed by atoms with van der Waals surface area (Å²) in [6, 6.07) is 9.32. The summed E-state index contributed by atoms with van der Waals surface area (Å²) in [5.74, 6) is 0.704. The highest BCUT2D eigenvalue weighted by atomic mass is 16.3. The number of rotatable bonds is 3. The van der Waals surface area contributed by atoms with Crippen molar-refractivity contribution >= 4 is 0 Å². The first-order valence-corrected chi connectivity index (χ1v) is 7.30. The van der Waals surface area contributed by atoms with Crippen LogP contribution in [0.1, 0.15) is 44.4 Å². The van der Waals surface area contributed by atoms with Crippen molar-refractivity contribution in [2.24, 2.45) is 11.3 Å². The van der Waals surface area contributed by atoms with Crippen molar-refractivity contribution < 1.29 is 5.11 Å². The van der Waals surface area contributed by atoms with E-state index in [2.05, 4.69) is 31.7 Å². The van der Waals surface area contributed by atoms with Crippen molar-refractivity contribution in [1.82, 2.24) is 4.90 Å². The fourth-order valence-corrected chi connectivity index (χ4v) is 2.84. The highest BCUT2D eigenvalue weighted by Crippen LogP contribution is 2.34. The van der Waals surface area contributed by atoms with Crippen molar-refractivity contribution in [3.8, 4) is 6.07 Å². The molecule has 3 nitrogen and oxygen atoms in total. The smallest absolute Gasteiger partial charge is 0.0991 e. The van der Waals surface area contributed by atoms with E-state index in [1.807, 2.05) is 12.1 Å². The monoisotopic (exact) mass is 272 g/mol. The number of nitriles is 1. The van der Waals surface area contributed by atoms with E-state index in [9.17, 15) is 5.11 Å². The Kier molecular flexibility index (Phi) is 4.47. The molecule has 1 aliphatic rings. The summed E-state index contributed by atoms with van der Waals surface area (Å²) in [5.41, 5.74) is 1.87. The Morgan fingerprint density at radius 2 is 2.00 bits per heavy atom. The molecule has 0 amide bonds. The average molecular weight is 272 g/mol. The molecule has 1 aliphatic heterocycles. The van der Waals surface area contributed by atoms with E-state index < -0.39 is 6.10 Å². The molecular weight excluding hydrogens is 248 g/mol. The second kappa shape index (κ2) is 5.95. The van der Waals surface area contributed by atoms with Crippen LogP contribution in [0.15, 0.2) is 24.3 Å². The van der Waals surface area contributed by atoms with Gasteiger partial charge in [-0.1, -0.05) is 32.9 Å². The molecule has 1 fully saturated rings. The van der Waals surface area contributed by atoms with Gasteiger partial charge < -0.3 is 10.0 Å². The summed E-state index contributed by atoms with van der Waals surface area (Å²) in [7, 11) is 0. The minimum atomic E-state index is -0.471. The summed E-state index contributed by atoms with van der Waals surface area (Å²) in [6.07, 6.45) is 0.741. The molecule has 0 aliphatic carbocycles. The SMILES string of the molecule is CC(C)(C)C1CCN(CC(O)c2ccc(C#N)cc2)C1. The van der Waals surface area contributed by atoms with E-state index in [0.717, 1.165) is 18.7 Å². The first-order chi connectivity index (χ1) is 9.40. The van der Waals surface area contributed by atoms with Gasteiger partial charge in [-0.05, 0) is 42.0 Å². The Balaban J connectivity index is 1.92. The maximum Gasteiger partial charge on any atom is 0.0991 e. The van der Waals surface area contributed by atoms with E-state index in [4.69, 9.17) is 5.26 Å². The van der Waals surface area contributed by atoms with Gasteiger partial charge in [0.05, 0.1) is 17.7 Å². The molecule has 0 aromatic heterocycles. The van der Waals surface area contributed by atoms with Crippen LogP contribution in [0, 0.1) is 22.7 Å². The topological polar surface area (TPSA) is 47.3 Å². The molecular formula is C17H24N2O.